The quantitative estimate of drug-likeness (QED) is 0.624. The van der Waals surface area contributed by atoms with Crippen molar-refractivity contribution in [2.45, 2.75) is 13.0 Å². The molecule has 0 fully saturated rings. The van der Waals surface area contributed by atoms with E-state index in [1.54, 1.807) is 0 Å². The van der Waals surface area contributed by atoms with Crippen LogP contribution in [0.3, 0.4) is 0 Å². The third-order valence-corrected chi connectivity index (χ3v) is 2.61. The number of hydrogen-bond acceptors (Lipinski definition) is 3. The summed E-state index contributed by atoms with van der Waals surface area (Å²) in [5.74, 6) is 7.05. The Morgan fingerprint density at radius 2 is 1.53 bits per heavy atom. The van der Waals surface area contributed by atoms with E-state index in [0.29, 0.717) is 0 Å². The second kappa shape index (κ2) is 5.48. The van der Waals surface area contributed by atoms with Crippen molar-refractivity contribution in [3.8, 4) is 11.5 Å². The first kappa shape index (κ1) is 11.6. The molecule has 3 nitrogen and oxygen atoms in total. The first-order valence-electron chi connectivity index (χ1n) is 5.58. The van der Waals surface area contributed by atoms with E-state index in [-0.39, 0.29) is 6.04 Å². The Morgan fingerprint density at radius 3 is 2.12 bits per heavy atom. The molecule has 0 heterocycles. The van der Waals surface area contributed by atoms with Crippen molar-refractivity contribution in [3.63, 3.8) is 0 Å². The van der Waals surface area contributed by atoms with Crippen LogP contribution in [0, 0.1) is 0 Å². The smallest absolute Gasteiger partial charge is 0.127 e. The molecular weight excluding hydrogens is 212 g/mol. The van der Waals surface area contributed by atoms with E-state index in [1.165, 1.54) is 0 Å². The highest BCUT2D eigenvalue weighted by molar-refractivity contribution is 5.33. The predicted octanol–water partition coefficient (Wildman–Crippen LogP) is 3.00. The SMILES string of the molecule is CC(NN)c1ccc(Oc2ccccc2)cc1. The molecule has 88 valence electrons. The van der Waals surface area contributed by atoms with Crippen LogP contribution in [0.15, 0.2) is 54.6 Å². The minimum atomic E-state index is 0.140. The van der Waals surface area contributed by atoms with E-state index < -0.39 is 0 Å². The number of hydrazine groups is 1. The summed E-state index contributed by atoms with van der Waals surface area (Å²) in [4.78, 5) is 0. The molecule has 2 aromatic rings. The van der Waals surface area contributed by atoms with Gasteiger partial charge in [0.25, 0.3) is 0 Å². The third-order valence-electron chi connectivity index (χ3n) is 2.61. The topological polar surface area (TPSA) is 47.3 Å². The minimum absolute atomic E-state index is 0.140. The van der Waals surface area contributed by atoms with Gasteiger partial charge in [0.15, 0.2) is 0 Å². The predicted molar refractivity (Wildman–Crippen MR) is 68.7 cm³/mol. The van der Waals surface area contributed by atoms with Gasteiger partial charge in [-0.3, -0.25) is 11.3 Å². The van der Waals surface area contributed by atoms with Crippen LogP contribution in [0.5, 0.6) is 11.5 Å². The molecule has 0 aliphatic rings. The Balaban J connectivity index is 2.08. The average molecular weight is 228 g/mol. The second-order valence-electron chi connectivity index (χ2n) is 3.87. The summed E-state index contributed by atoms with van der Waals surface area (Å²) in [6.07, 6.45) is 0. The van der Waals surface area contributed by atoms with Crippen molar-refractivity contribution >= 4 is 0 Å². The zero-order valence-corrected chi connectivity index (χ0v) is 9.76. The Morgan fingerprint density at radius 1 is 0.941 bits per heavy atom. The molecule has 0 saturated carbocycles. The van der Waals surface area contributed by atoms with Gasteiger partial charge in [0.1, 0.15) is 11.5 Å². The summed E-state index contributed by atoms with van der Waals surface area (Å²) in [5, 5.41) is 0. The summed E-state index contributed by atoms with van der Waals surface area (Å²) in [6, 6.07) is 17.7. The van der Waals surface area contributed by atoms with Gasteiger partial charge in [-0.2, -0.15) is 0 Å². The molecule has 0 bridgehead atoms. The Bertz CT molecular complexity index is 453. The zero-order valence-electron chi connectivity index (χ0n) is 9.76. The third kappa shape index (κ3) is 3.06. The first-order valence-corrected chi connectivity index (χ1v) is 5.58. The fourth-order valence-electron chi connectivity index (χ4n) is 1.55. The molecule has 0 aliphatic heterocycles. The standard InChI is InChI=1S/C14H16N2O/c1-11(16-15)12-7-9-14(10-8-12)17-13-5-3-2-4-6-13/h2-11,16H,15H2,1H3. The highest BCUT2D eigenvalue weighted by Crippen LogP contribution is 2.22. The molecule has 0 spiro atoms. The van der Waals surface area contributed by atoms with E-state index in [0.717, 1.165) is 17.1 Å². The molecule has 0 amide bonds. The van der Waals surface area contributed by atoms with Gasteiger partial charge in [0.2, 0.25) is 0 Å². The van der Waals surface area contributed by atoms with Crippen molar-refractivity contribution in [1.82, 2.24) is 5.43 Å². The number of rotatable bonds is 4. The molecule has 2 aromatic carbocycles. The average Bonchev–Trinajstić information content (AvgIpc) is 2.40. The second-order valence-corrected chi connectivity index (χ2v) is 3.87. The van der Waals surface area contributed by atoms with E-state index in [4.69, 9.17) is 10.6 Å². The van der Waals surface area contributed by atoms with Gasteiger partial charge in [-0.05, 0) is 36.8 Å². The summed E-state index contributed by atoms with van der Waals surface area (Å²) >= 11 is 0. The summed E-state index contributed by atoms with van der Waals surface area (Å²) in [7, 11) is 0. The molecule has 1 unspecified atom stereocenters. The van der Waals surface area contributed by atoms with E-state index in [2.05, 4.69) is 5.43 Å². The molecule has 0 aromatic heterocycles. The first-order chi connectivity index (χ1) is 8.29. The monoisotopic (exact) mass is 228 g/mol. The largest absolute Gasteiger partial charge is 0.457 e. The van der Waals surface area contributed by atoms with Crippen LogP contribution in [-0.4, -0.2) is 0 Å². The molecule has 2 rings (SSSR count). The van der Waals surface area contributed by atoms with E-state index >= 15 is 0 Å². The lowest BCUT2D eigenvalue weighted by molar-refractivity contribution is 0.482. The lowest BCUT2D eigenvalue weighted by Crippen LogP contribution is -2.25. The number of ether oxygens (including phenoxy) is 1. The van der Waals surface area contributed by atoms with Crippen LogP contribution in [0.2, 0.25) is 0 Å². The number of para-hydroxylation sites is 1. The van der Waals surface area contributed by atoms with Gasteiger partial charge in [-0.1, -0.05) is 30.3 Å². The lowest BCUT2D eigenvalue weighted by atomic mass is 10.1. The maximum absolute atomic E-state index is 5.70. The van der Waals surface area contributed by atoms with Gasteiger partial charge in [0, 0.05) is 6.04 Å². The molecule has 0 saturated heterocycles. The number of hydrogen-bond donors (Lipinski definition) is 2. The van der Waals surface area contributed by atoms with E-state index in [9.17, 15) is 0 Å². The van der Waals surface area contributed by atoms with Crippen molar-refractivity contribution in [2.24, 2.45) is 5.84 Å². The normalized spacial score (nSPS) is 12.1. The van der Waals surface area contributed by atoms with Gasteiger partial charge in [-0.15, -0.1) is 0 Å². The van der Waals surface area contributed by atoms with Crippen LogP contribution in [0.25, 0.3) is 0 Å². The molecule has 0 radical (unpaired) electrons. The Labute approximate surface area is 101 Å². The zero-order chi connectivity index (χ0) is 12.1. The molecule has 3 heteroatoms. The number of benzene rings is 2. The fraction of sp³-hybridized carbons (Fsp3) is 0.143. The van der Waals surface area contributed by atoms with E-state index in [1.807, 2.05) is 61.5 Å². The van der Waals surface area contributed by atoms with Crippen molar-refractivity contribution < 1.29 is 4.74 Å². The van der Waals surface area contributed by atoms with Crippen LogP contribution in [0.1, 0.15) is 18.5 Å². The molecule has 0 aliphatic carbocycles. The van der Waals surface area contributed by atoms with Crippen molar-refractivity contribution in [2.75, 3.05) is 0 Å². The van der Waals surface area contributed by atoms with Crippen LogP contribution in [-0.2, 0) is 0 Å². The fourth-order valence-corrected chi connectivity index (χ4v) is 1.55. The van der Waals surface area contributed by atoms with Crippen LogP contribution in [0.4, 0.5) is 0 Å². The summed E-state index contributed by atoms with van der Waals surface area (Å²) < 4.78 is 5.70. The maximum atomic E-state index is 5.70. The Kier molecular flexibility index (Phi) is 3.75. The molecule has 17 heavy (non-hydrogen) atoms. The lowest BCUT2D eigenvalue weighted by Gasteiger charge is -2.11. The molecule has 1 atom stereocenters. The highest BCUT2D eigenvalue weighted by atomic mass is 16.5. The number of nitrogens with one attached hydrogen (secondary N) is 1. The molecular formula is C14H16N2O. The van der Waals surface area contributed by atoms with Gasteiger partial charge < -0.3 is 4.74 Å². The highest BCUT2D eigenvalue weighted by Gasteiger charge is 2.02. The van der Waals surface area contributed by atoms with Crippen molar-refractivity contribution in [1.29, 1.82) is 0 Å². The molecule has 3 N–H and O–H groups in total. The van der Waals surface area contributed by atoms with Crippen LogP contribution >= 0.6 is 0 Å². The van der Waals surface area contributed by atoms with Crippen molar-refractivity contribution in [3.05, 3.63) is 60.2 Å². The maximum Gasteiger partial charge on any atom is 0.127 e. The van der Waals surface area contributed by atoms with Gasteiger partial charge in [0.05, 0.1) is 0 Å². The van der Waals surface area contributed by atoms with Gasteiger partial charge in [-0.25, -0.2) is 0 Å². The number of nitrogens with two attached hydrogens (primary N) is 1. The summed E-state index contributed by atoms with van der Waals surface area (Å²) in [6.45, 7) is 2.01. The summed E-state index contributed by atoms with van der Waals surface area (Å²) in [5.41, 5.74) is 3.84. The van der Waals surface area contributed by atoms with Gasteiger partial charge >= 0.3 is 0 Å². The van der Waals surface area contributed by atoms with Crippen LogP contribution < -0.4 is 16.0 Å². The minimum Gasteiger partial charge on any atom is -0.457 e. The Hall–Kier alpha value is -1.84.